The second kappa shape index (κ2) is 15.4. The lowest BCUT2D eigenvalue weighted by Crippen LogP contribution is -2.07. The minimum absolute atomic E-state index is 0.281. The molecule has 6 rings (SSSR count). The van der Waals surface area contributed by atoms with Crippen molar-refractivity contribution >= 4 is 33.6 Å². The smallest absolute Gasteiger partial charge is 0.0345 e. The predicted molar refractivity (Wildman–Crippen MR) is 189 cm³/mol. The van der Waals surface area contributed by atoms with E-state index in [1.165, 1.54) is 37.2 Å². The molecule has 41 heavy (non-hydrogen) atoms. The zero-order valence-corrected chi connectivity index (χ0v) is 28.5. The molecule has 0 saturated heterocycles. The molecule has 0 fully saturated rings. The molecule has 0 nitrogen and oxygen atoms in total. The fourth-order valence-electron chi connectivity index (χ4n) is 3.74. The van der Waals surface area contributed by atoms with E-state index in [0.717, 1.165) is 12.8 Å². The highest BCUT2D eigenvalue weighted by Crippen LogP contribution is 2.33. The van der Waals surface area contributed by atoms with Crippen LogP contribution in [0, 0.1) is 10.8 Å². The summed E-state index contributed by atoms with van der Waals surface area (Å²) in [6, 6.07) is 27.9. The molecule has 220 valence electrons. The van der Waals surface area contributed by atoms with Crippen LogP contribution >= 0.6 is 11.3 Å². The van der Waals surface area contributed by atoms with Gasteiger partial charge in [0.15, 0.2) is 0 Å². The molecule has 0 amide bonds. The lowest BCUT2D eigenvalue weighted by molar-refractivity contribution is 0.469. The molecular weight excluding hydrogens is 513 g/mol. The molecule has 0 saturated carbocycles. The normalized spacial score (nSPS) is 12.9. The van der Waals surface area contributed by atoms with Gasteiger partial charge in [-0.05, 0) is 68.9 Å². The molecule has 1 aromatic heterocycles. The molecule has 1 heteroatoms. The maximum absolute atomic E-state index is 2.31. The molecule has 0 N–H and O–H groups in total. The zero-order chi connectivity index (χ0) is 30.7. The third-order valence-corrected chi connectivity index (χ3v) is 7.09. The van der Waals surface area contributed by atoms with Gasteiger partial charge in [0.1, 0.15) is 0 Å². The van der Waals surface area contributed by atoms with Crippen molar-refractivity contribution in [3.63, 3.8) is 0 Å². The van der Waals surface area contributed by atoms with Crippen LogP contribution in [0.1, 0.15) is 103 Å². The zero-order valence-electron chi connectivity index (χ0n) is 27.6. The summed E-state index contributed by atoms with van der Waals surface area (Å²) in [6.07, 6.45) is 11.0. The maximum Gasteiger partial charge on any atom is 0.0345 e. The van der Waals surface area contributed by atoms with Gasteiger partial charge in [0.05, 0.1) is 0 Å². The number of hydrogen-bond acceptors (Lipinski definition) is 1. The van der Waals surface area contributed by atoms with Crippen LogP contribution in [0.15, 0.2) is 91.0 Å². The summed E-state index contributed by atoms with van der Waals surface area (Å²) in [5.74, 6) is 0. The fraction of sp³-hybridized carbons (Fsp3) is 0.400. The standard InChI is InChI=1S/C12H14S.2C9H8.2C5H12/c1-12(2,3)11-8-9-6-4-5-7-10(9)13-11;2*1-2-5-9-7-3-6-8(9)4-1;2*1-5(2,3)4/h4-8H,1-3H3;2*1-6H,7H2;2*1-4H3. The summed E-state index contributed by atoms with van der Waals surface area (Å²) in [5, 5.41) is 1.37. The van der Waals surface area contributed by atoms with Crippen molar-refractivity contribution in [3.8, 4) is 0 Å². The third-order valence-electron chi connectivity index (χ3n) is 5.55. The molecule has 0 spiro atoms. The lowest BCUT2D eigenvalue weighted by Gasteiger charge is -2.14. The second-order valence-corrected chi connectivity index (χ2v) is 16.1. The van der Waals surface area contributed by atoms with Gasteiger partial charge < -0.3 is 0 Å². The van der Waals surface area contributed by atoms with Gasteiger partial charge in [-0.15, -0.1) is 11.3 Å². The van der Waals surface area contributed by atoms with Crippen LogP contribution in [-0.2, 0) is 18.3 Å². The Hall–Kier alpha value is -2.90. The van der Waals surface area contributed by atoms with E-state index >= 15 is 0 Å². The molecule has 0 atom stereocenters. The Bertz CT molecular complexity index is 1280. The number of benzene rings is 3. The Kier molecular flexibility index (Phi) is 12.9. The van der Waals surface area contributed by atoms with Gasteiger partial charge in [0.25, 0.3) is 0 Å². The van der Waals surface area contributed by atoms with Crippen molar-refractivity contribution in [3.05, 3.63) is 118 Å². The van der Waals surface area contributed by atoms with Crippen LogP contribution in [0.5, 0.6) is 0 Å². The number of hydrogen-bond donors (Lipinski definition) is 0. The SMILES string of the molecule is C1=Cc2ccccc2C1.C1=Cc2ccccc2C1.CC(C)(C)C.CC(C)(C)C.CC(C)(C)c1cc2ccccc2s1. The average Bonchev–Trinajstić information content (AvgIpc) is 3.61. The Morgan fingerprint density at radius 3 is 1.29 bits per heavy atom. The molecule has 0 unspecified atom stereocenters. The first-order valence-electron chi connectivity index (χ1n) is 15.0. The van der Waals surface area contributed by atoms with Crippen molar-refractivity contribution < 1.29 is 0 Å². The van der Waals surface area contributed by atoms with E-state index in [-0.39, 0.29) is 5.41 Å². The average molecular weight is 567 g/mol. The number of allylic oxidation sites excluding steroid dienone is 2. The monoisotopic (exact) mass is 566 g/mol. The first-order valence-corrected chi connectivity index (χ1v) is 15.8. The highest BCUT2D eigenvalue weighted by molar-refractivity contribution is 7.19. The lowest BCUT2D eigenvalue weighted by atomic mass is 9.94. The highest BCUT2D eigenvalue weighted by atomic mass is 32.1. The van der Waals surface area contributed by atoms with Crippen LogP contribution in [0.25, 0.3) is 22.2 Å². The second-order valence-electron chi connectivity index (χ2n) is 15.0. The van der Waals surface area contributed by atoms with Gasteiger partial charge >= 0.3 is 0 Å². The first-order chi connectivity index (χ1) is 19.0. The van der Waals surface area contributed by atoms with E-state index in [0.29, 0.717) is 10.8 Å². The quantitative estimate of drug-likeness (QED) is 0.198. The molecular formula is C40H54S. The highest BCUT2D eigenvalue weighted by Gasteiger charge is 2.16. The minimum Gasteiger partial charge on any atom is -0.140 e. The maximum atomic E-state index is 2.31. The number of rotatable bonds is 0. The van der Waals surface area contributed by atoms with Crippen LogP contribution in [0.2, 0.25) is 0 Å². The van der Waals surface area contributed by atoms with Gasteiger partial charge in [-0.3, -0.25) is 0 Å². The van der Waals surface area contributed by atoms with Gasteiger partial charge in [-0.1, -0.05) is 167 Å². The summed E-state index contributed by atoms with van der Waals surface area (Å²) >= 11 is 1.90. The van der Waals surface area contributed by atoms with Gasteiger partial charge in [-0.25, -0.2) is 0 Å². The first kappa shape index (κ1) is 34.3. The summed E-state index contributed by atoms with van der Waals surface area (Å²) in [7, 11) is 0. The fourth-order valence-corrected chi connectivity index (χ4v) is 4.86. The van der Waals surface area contributed by atoms with E-state index in [1.807, 2.05) is 11.3 Å². The number of thiophene rings is 1. The molecule has 0 radical (unpaired) electrons. The van der Waals surface area contributed by atoms with Crippen molar-refractivity contribution in [1.29, 1.82) is 0 Å². The molecule has 0 bridgehead atoms. The Morgan fingerprint density at radius 2 is 0.902 bits per heavy atom. The predicted octanol–water partition coefficient (Wildman–Crippen LogP) is 12.8. The van der Waals surface area contributed by atoms with Crippen LogP contribution < -0.4 is 0 Å². The van der Waals surface area contributed by atoms with Gasteiger partial charge in [0, 0.05) is 9.58 Å². The molecule has 3 aromatic carbocycles. The van der Waals surface area contributed by atoms with Crippen molar-refractivity contribution in [2.75, 3.05) is 0 Å². The third kappa shape index (κ3) is 14.5. The van der Waals surface area contributed by atoms with Crippen LogP contribution in [0.3, 0.4) is 0 Å². The molecule has 0 aliphatic heterocycles. The van der Waals surface area contributed by atoms with Gasteiger partial charge in [0.2, 0.25) is 0 Å². The molecule has 1 heterocycles. The molecule has 2 aliphatic rings. The summed E-state index contributed by atoms with van der Waals surface area (Å²) < 4.78 is 1.40. The van der Waals surface area contributed by atoms with E-state index in [1.54, 1.807) is 0 Å². The topological polar surface area (TPSA) is 0 Å². The summed E-state index contributed by atoms with van der Waals surface area (Å²) in [5.41, 5.74) is 6.97. The van der Waals surface area contributed by atoms with E-state index in [9.17, 15) is 0 Å². The summed E-state index contributed by atoms with van der Waals surface area (Å²) in [4.78, 5) is 1.47. The van der Waals surface area contributed by atoms with Crippen molar-refractivity contribution in [2.45, 2.75) is 94.4 Å². The van der Waals surface area contributed by atoms with Crippen LogP contribution in [-0.4, -0.2) is 0 Å². The van der Waals surface area contributed by atoms with E-state index in [4.69, 9.17) is 0 Å². The summed E-state index contributed by atoms with van der Waals surface area (Å²) in [6.45, 7) is 24.3. The van der Waals surface area contributed by atoms with Gasteiger partial charge in [-0.2, -0.15) is 0 Å². The Morgan fingerprint density at radius 1 is 0.512 bits per heavy atom. The Labute approximate surface area is 256 Å². The minimum atomic E-state index is 0.281. The van der Waals surface area contributed by atoms with E-state index < -0.39 is 0 Å². The van der Waals surface area contributed by atoms with Crippen molar-refractivity contribution in [2.24, 2.45) is 10.8 Å². The largest absolute Gasteiger partial charge is 0.140 e. The number of fused-ring (bicyclic) bond motifs is 3. The van der Waals surface area contributed by atoms with Crippen molar-refractivity contribution in [1.82, 2.24) is 0 Å². The van der Waals surface area contributed by atoms with Crippen LogP contribution in [0.4, 0.5) is 0 Å². The Balaban J connectivity index is 0.000000189. The molecule has 2 aliphatic carbocycles. The molecule has 4 aromatic rings. The van der Waals surface area contributed by atoms with E-state index in [2.05, 4.69) is 179 Å².